The predicted octanol–water partition coefficient (Wildman–Crippen LogP) is 5.93. The van der Waals surface area contributed by atoms with Gasteiger partial charge in [-0.05, 0) is 71.8 Å². The second kappa shape index (κ2) is 14.2. The number of nitrogens with one attached hydrogen (secondary N) is 1. The molecule has 2 aromatic carbocycles. The van der Waals surface area contributed by atoms with Crippen LogP contribution in [0.4, 0.5) is 17.1 Å². The number of anilines is 2. The van der Waals surface area contributed by atoms with E-state index in [1.54, 1.807) is 11.8 Å². The van der Waals surface area contributed by atoms with Crippen LogP contribution in [0.25, 0.3) is 0 Å². The number of carbonyl (C=O) groups is 3. The minimum Gasteiger partial charge on any atom is -0.384 e. The van der Waals surface area contributed by atoms with Crippen LogP contribution < -0.4 is 10.2 Å². The number of benzene rings is 2. The molecule has 2 amide bonds. The van der Waals surface area contributed by atoms with Crippen LogP contribution in [0.2, 0.25) is 0 Å². The maximum atomic E-state index is 11.9. The summed E-state index contributed by atoms with van der Waals surface area (Å²) in [6.07, 6.45) is 2.67. The zero-order valence-electron chi connectivity index (χ0n) is 20.4. The van der Waals surface area contributed by atoms with Gasteiger partial charge >= 0.3 is 5.97 Å². The summed E-state index contributed by atoms with van der Waals surface area (Å²) < 4.78 is -0.0838. The van der Waals surface area contributed by atoms with E-state index in [9.17, 15) is 14.4 Å². The van der Waals surface area contributed by atoms with Gasteiger partial charge in [0.2, 0.25) is 0 Å². The monoisotopic (exact) mass is 623 g/mol. The molecule has 0 aliphatic carbocycles. The molecule has 1 aliphatic rings. The number of amides is 2. The minimum absolute atomic E-state index is 0.0838. The molecule has 11 heteroatoms. The van der Waals surface area contributed by atoms with E-state index in [-0.39, 0.29) is 22.6 Å². The van der Waals surface area contributed by atoms with Gasteiger partial charge in [0.1, 0.15) is 0 Å². The Morgan fingerprint density at radius 1 is 1.08 bits per heavy atom. The maximum Gasteiger partial charge on any atom is 0.333 e. The Morgan fingerprint density at radius 3 is 2.47 bits per heavy atom. The average Bonchev–Trinajstić information content (AvgIpc) is 3.18. The number of carbonyl (C=O) groups excluding carboxylic acids is 3. The third-order valence-corrected chi connectivity index (χ3v) is 7.22. The van der Waals surface area contributed by atoms with Gasteiger partial charge < -0.3 is 15.1 Å². The SMILES string of the molecule is CN(C)c1ccc(N=NC(I)Sc2ccccc2NCCCCCC(=O)ON2C(=O)CCC2=O)cc1. The van der Waals surface area contributed by atoms with E-state index < -0.39 is 17.8 Å². The Bertz CT molecular complexity index is 1060. The zero-order chi connectivity index (χ0) is 25.9. The summed E-state index contributed by atoms with van der Waals surface area (Å²) in [5.41, 5.74) is 2.96. The highest BCUT2D eigenvalue weighted by atomic mass is 127. The molecule has 0 bridgehead atoms. The standard InChI is InChI=1S/C25H30IN5O4S/c1-30(2)19-13-11-18(12-14-19)28-29-25(26)36-21-9-6-5-8-20(21)27-17-7-3-4-10-24(34)35-31-22(32)15-16-23(31)33/h5-6,8-9,11-14,25,27H,3-4,7,10,15-17H2,1-2H3. The maximum absolute atomic E-state index is 11.9. The lowest BCUT2D eigenvalue weighted by Crippen LogP contribution is -2.31. The van der Waals surface area contributed by atoms with Crippen molar-refractivity contribution in [2.45, 2.75) is 46.8 Å². The van der Waals surface area contributed by atoms with Crippen molar-refractivity contribution >= 4 is 69.2 Å². The van der Waals surface area contributed by atoms with Crippen LogP contribution in [0.15, 0.2) is 63.7 Å². The molecule has 2 aromatic rings. The first-order chi connectivity index (χ1) is 17.3. The molecule has 0 aromatic heterocycles. The van der Waals surface area contributed by atoms with Gasteiger partial charge in [-0.1, -0.05) is 30.3 Å². The number of thioether (sulfide) groups is 1. The number of rotatable bonds is 13. The number of hydroxylamine groups is 2. The zero-order valence-corrected chi connectivity index (χ0v) is 23.3. The van der Waals surface area contributed by atoms with Crippen molar-refractivity contribution in [1.82, 2.24) is 5.06 Å². The summed E-state index contributed by atoms with van der Waals surface area (Å²) in [6.45, 7) is 0.751. The lowest BCUT2D eigenvalue weighted by molar-refractivity contribution is -0.197. The van der Waals surface area contributed by atoms with Gasteiger partial charge in [0.15, 0.2) is 3.38 Å². The summed E-state index contributed by atoms with van der Waals surface area (Å²) in [5.74, 6) is -1.46. The molecule has 0 radical (unpaired) electrons. The van der Waals surface area contributed by atoms with Crippen LogP contribution in [-0.4, -0.2) is 46.9 Å². The second-order valence-electron chi connectivity index (χ2n) is 8.31. The molecule has 1 unspecified atom stereocenters. The van der Waals surface area contributed by atoms with Gasteiger partial charge in [-0.25, -0.2) is 4.79 Å². The van der Waals surface area contributed by atoms with Crippen molar-refractivity contribution in [2.24, 2.45) is 10.2 Å². The number of halogens is 1. The third-order valence-electron chi connectivity index (χ3n) is 5.31. The van der Waals surface area contributed by atoms with E-state index >= 15 is 0 Å². The van der Waals surface area contributed by atoms with Crippen LogP contribution in [0.1, 0.15) is 38.5 Å². The molecule has 36 heavy (non-hydrogen) atoms. The van der Waals surface area contributed by atoms with E-state index in [0.29, 0.717) is 11.5 Å². The van der Waals surface area contributed by atoms with Gasteiger partial charge in [0.05, 0.1) is 5.69 Å². The normalized spacial score (nSPS) is 14.4. The van der Waals surface area contributed by atoms with E-state index in [1.165, 1.54) is 0 Å². The fourth-order valence-electron chi connectivity index (χ4n) is 3.37. The fraction of sp³-hybridized carbons (Fsp3) is 0.400. The van der Waals surface area contributed by atoms with E-state index in [4.69, 9.17) is 4.84 Å². The molecule has 0 saturated carbocycles. The Balaban J connectivity index is 1.38. The van der Waals surface area contributed by atoms with E-state index in [2.05, 4.69) is 44.2 Å². The predicted molar refractivity (Wildman–Crippen MR) is 150 cm³/mol. The van der Waals surface area contributed by atoms with E-state index in [1.807, 2.05) is 61.5 Å². The lowest BCUT2D eigenvalue weighted by Gasteiger charge is -2.13. The molecule has 1 aliphatic heterocycles. The number of azo groups is 1. The summed E-state index contributed by atoms with van der Waals surface area (Å²) in [5, 5.41) is 12.8. The number of unbranched alkanes of at least 4 members (excludes halogenated alkanes) is 2. The van der Waals surface area contributed by atoms with Crippen molar-refractivity contribution < 1.29 is 19.2 Å². The molecule has 1 N–H and O–H groups in total. The van der Waals surface area contributed by atoms with Crippen molar-refractivity contribution in [1.29, 1.82) is 0 Å². The van der Waals surface area contributed by atoms with Crippen molar-refractivity contribution in [2.75, 3.05) is 30.9 Å². The van der Waals surface area contributed by atoms with Crippen molar-refractivity contribution in [3.63, 3.8) is 0 Å². The fourth-order valence-corrected chi connectivity index (χ4v) is 5.05. The largest absolute Gasteiger partial charge is 0.384 e. The first-order valence-corrected chi connectivity index (χ1v) is 13.8. The number of alkyl halides is 1. The number of imide groups is 1. The quantitative estimate of drug-likeness (QED) is 0.0562. The van der Waals surface area contributed by atoms with Gasteiger partial charge in [-0.3, -0.25) is 9.59 Å². The van der Waals surface area contributed by atoms with Gasteiger partial charge in [0, 0.05) is 56.2 Å². The van der Waals surface area contributed by atoms with Gasteiger partial charge in [-0.2, -0.15) is 10.2 Å². The van der Waals surface area contributed by atoms with Crippen LogP contribution in [-0.2, 0) is 19.2 Å². The number of nitrogens with zero attached hydrogens (tertiary/aromatic N) is 4. The molecule has 3 rings (SSSR count). The smallest absolute Gasteiger partial charge is 0.333 e. The molecule has 1 fully saturated rings. The highest BCUT2D eigenvalue weighted by molar-refractivity contribution is 14.1. The average molecular weight is 624 g/mol. The summed E-state index contributed by atoms with van der Waals surface area (Å²) >= 11 is 3.88. The molecular formula is C25H30IN5O4S. The van der Waals surface area contributed by atoms with Crippen molar-refractivity contribution in [3.05, 3.63) is 48.5 Å². The molecule has 1 heterocycles. The van der Waals surface area contributed by atoms with Crippen LogP contribution in [0.5, 0.6) is 0 Å². The molecule has 192 valence electrons. The Hall–Kier alpha value is -2.67. The summed E-state index contributed by atoms with van der Waals surface area (Å²) in [4.78, 5) is 42.9. The van der Waals surface area contributed by atoms with Crippen LogP contribution in [0, 0.1) is 0 Å². The first kappa shape index (κ1) is 27.9. The third kappa shape index (κ3) is 8.77. The van der Waals surface area contributed by atoms with Crippen LogP contribution in [0.3, 0.4) is 0 Å². The lowest BCUT2D eigenvalue weighted by atomic mass is 10.2. The Morgan fingerprint density at radius 2 is 1.78 bits per heavy atom. The minimum atomic E-state index is -0.552. The van der Waals surface area contributed by atoms with E-state index in [0.717, 1.165) is 41.3 Å². The highest BCUT2D eigenvalue weighted by Gasteiger charge is 2.32. The Labute approximate surface area is 229 Å². The second-order valence-corrected chi connectivity index (χ2v) is 11.5. The van der Waals surface area contributed by atoms with Gasteiger partial charge in [0.25, 0.3) is 11.8 Å². The molecule has 1 atom stereocenters. The summed E-state index contributed by atoms with van der Waals surface area (Å²) in [6, 6.07) is 16.0. The Kier molecular flexibility index (Phi) is 11.0. The molecule has 0 spiro atoms. The topological polar surface area (TPSA) is 104 Å². The van der Waals surface area contributed by atoms with Crippen molar-refractivity contribution in [3.8, 4) is 0 Å². The first-order valence-electron chi connectivity index (χ1n) is 11.7. The number of hydrogen-bond acceptors (Lipinski definition) is 9. The summed E-state index contributed by atoms with van der Waals surface area (Å²) in [7, 11) is 4.00. The number of para-hydroxylation sites is 1. The highest BCUT2D eigenvalue weighted by Crippen LogP contribution is 2.35. The molecular weight excluding hydrogens is 593 g/mol. The van der Waals surface area contributed by atoms with Gasteiger partial charge in [-0.15, -0.1) is 5.06 Å². The molecule has 1 saturated heterocycles. The van der Waals surface area contributed by atoms with Crippen LogP contribution >= 0.6 is 34.4 Å². The molecule has 9 nitrogen and oxygen atoms in total. The number of hydrogen-bond donors (Lipinski definition) is 1.